The van der Waals surface area contributed by atoms with Gasteiger partial charge in [0.05, 0.1) is 5.56 Å². The Morgan fingerprint density at radius 2 is 1.89 bits per heavy atom. The minimum atomic E-state index is -0.562. The van der Waals surface area contributed by atoms with Crippen LogP contribution in [0.1, 0.15) is 31.1 Å². The van der Waals surface area contributed by atoms with Crippen molar-refractivity contribution in [3.8, 4) is 0 Å². The van der Waals surface area contributed by atoms with Crippen LogP contribution in [-0.2, 0) is 9.53 Å². The van der Waals surface area contributed by atoms with E-state index in [-0.39, 0.29) is 12.5 Å². The molecule has 0 atom stereocenters. The molecule has 0 aromatic heterocycles. The number of benzene rings is 1. The molecule has 1 aromatic carbocycles. The van der Waals surface area contributed by atoms with Gasteiger partial charge in [0.25, 0.3) is 5.91 Å². The van der Waals surface area contributed by atoms with Crippen LogP contribution in [0.25, 0.3) is 0 Å². The second kappa shape index (κ2) is 5.53. The fourth-order valence-corrected chi connectivity index (χ4v) is 1.33. The van der Waals surface area contributed by atoms with Crippen molar-refractivity contribution in [2.24, 2.45) is 0 Å². The Balaban J connectivity index is 2.52. The first kappa shape index (κ1) is 14.0. The minimum Gasteiger partial charge on any atom is -0.459 e. The molecule has 0 radical (unpaired) electrons. The van der Waals surface area contributed by atoms with Gasteiger partial charge in [0, 0.05) is 5.69 Å². The lowest BCUT2D eigenvalue weighted by Gasteiger charge is -2.19. The highest BCUT2D eigenvalue weighted by atomic mass is 16.6. The summed E-state index contributed by atoms with van der Waals surface area (Å²) in [6.45, 7) is 5.12. The van der Waals surface area contributed by atoms with Crippen molar-refractivity contribution in [3.63, 3.8) is 0 Å². The molecule has 0 heterocycles. The van der Waals surface area contributed by atoms with Gasteiger partial charge in [-0.2, -0.15) is 0 Å². The van der Waals surface area contributed by atoms with E-state index in [9.17, 15) is 9.59 Å². The number of hydrogen-bond acceptors (Lipinski definition) is 4. The number of nitrogens with two attached hydrogens (primary N) is 1. The summed E-state index contributed by atoms with van der Waals surface area (Å²) in [5.41, 5.74) is 5.81. The van der Waals surface area contributed by atoms with E-state index in [2.05, 4.69) is 5.32 Å². The number of hydrogen-bond donors (Lipinski definition) is 2. The van der Waals surface area contributed by atoms with Crippen LogP contribution in [0.5, 0.6) is 0 Å². The second-order valence-electron chi connectivity index (χ2n) is 4.86. The number of nitrogens with one attached hydrogen (secondary N) is 1. The fraction of sp³-hybridized carbons (Fsp3) is 0.385. The largest absolute Gasteiger partial charge is 0.459 e. The predicted molar refractivity (Wildman–Crippen MR) is 69.0 cm³/mol. The van der Waals surface area contributed by atoms with E-state index in [1.807, 2.05) is 0 Å². The van der Waals surface area contributed by atoms with Gasteiger partial charge in [0.15, 0.2) is 0 Å². The standard InChI is InChI=1S/C13H18N2O3/c1-13(2,3)18-11(16)8-15-12(17)9-6-4-5-7-10(9)14/h4-7H,8,14H2,1-3H3,(H,15,17). The van der Waals surface area contributed by atoms with Crippen LogP contribution in [0.3, 0.4) is 0 Å². The highest BCUT2D eigenvalue weighted by Gasteiger charge is 2.17. The molecule has 0 aliphatic carbocycles. The van der Waals surface area contributed by atoms with Crippen LogP contribution in [0.2, 0.25) is 0 Å². The Labute approximate surface area is 106 Å². The molecule has 3 N–H and O–H groups in total. The molecule has 18 heavy (non-hydrogen) atoms. The van der Waals surface area contributed by atoms with Crippen LogP contribution in [0.4, 0.5) is 5.69 Å². The number of carbonyl (C=O) groups excluding carboxylic acids is 2. The number of rotatable bonds is 3. The van der Waals surface area contributed by atoms with Gasteiger partial charge in [-0.15, -0.1) is 0 Å². The van der Waals surface area contributed by atoms with Gasteiger partial charge in [-0.05, 0) is 32.9 Å². The summed E-state index contributed by atoms with van der Waals surface area (Å²) in [5.74, 6) is -0.871. The molecule has 0 saturated heterocycles. The Kier molecular flexibility index (Phi) is 4.31. The maximum absolute atomic E-state index is 11.7. The quantitative estimate of drug-likeness (QED) is 0.626. The molecular formula is C13H18N2O3. The van der Waals surface area contributed by atoms with Crippen LogP contribution in [0.15, 0.2) is 24.3 Å². The number of carbonyl (C=O) groups is 2. The lowest BCUT2D eigenvalue weighted by Crippen LogP contribution is -2.34. The Hall–Kier alpha value is -2.04. The lowest BCUT2D eigenvalue weighted by molar-refractivity contribution is -0.153. The number of ether oxygens (including phenoxy) is 1. The molecule has 98 valence electrons. The summed E-state index contributed by atoms with van der Waals surface area (Å²) in [4.78, 5) is 23.1. The maximum Gasteiger partial charge on any atom is 0.325 e. The predicted octanol–water partition coefficient (Wildman–Crippen LogP) is 1.34. The van der Waals surface area contributed by atoms with E-state index < -0.39 is 11.6 Å². The first-order valence-corrected chi connectivity index (χ1v) is 5.64. The first-order valence-electron chi connectivity index (χ1n) is 5.64. The third-order valence-corrected chi connectivity index (χ3v) is 2.02. The van der Waals surface area contributed by atoms with Gasteiger partial charge in [0.2, 0.25) is 0 Å². The SMILES string of the molecule is CC(C)(C)OC(=O)CNC(=O)c1ccccc1N. The van der Waals surface area contributed by atoms with E-state index in [0.29, 0.717) is 11.3 Å². The molecule has 1 amide bonds. The number of anilines is 1. The topological polar surface area (TPSA) is 81.4 Å². The third kappa shape index (κ3) is 4.45. The van der Waals surface area contributed by atoms with Crippen LogP contribution in [-0.4, -0.2) is 24.0 Å². The molecule has 1 rings (SSSR count). The van der Waals surface area contributed by atoms with Crippen molar-refractivity contribution in [1.29, 1.82) is 0 Å². The molecule has 1 aromatic rings. The number of amides is 1. The average molecular weight is 250 g/mol. The Morgan fingerprint density at radius 1 is 1.28 bits per heavy atom. The molecule has 0 fully saturated rings. The summed E-state index contributed by atoms with van der Waals surface area (Å²) in [5, 5.41) is 2.47. The summed E-state index contributed by atoms with van der Waals surface area (Å²) >= 11 is 0. The highest BCUT2D eigenvalue weighted by Crippen LogP contribution is 2.10. The van der Waals surface area contributed by atoms with Crippen molar-refractivity contribution in [1.82, 2.24) is 5.32 Å². The van der Waals surface area contributed by atoms with E-state index >= 15 is 0 Å². The Morgan fingerprint density at radius 3 is 2.44 bits per heavy atom. The molecule has 5 nitrogen and oxygen atoms in total. The molecule has 5 heteroatoms. The van der Waals surface area contributed by atoms with Crippen LogP contribution in [0, 0.1) is 0 Å². The summed E-state index contributed by atoms with van der Waals surface area (Å²) in [6, 6.07) is 6.67. The van der Waals surface area contributed by atoms with Crippen molar-refractivity contribution in [2.45, 2.75) is 26.4 Å². The Bertz CT molecular complexity index is 450. The summed E-state index contributed by atoms with van der Waals surface area (Å²) < 4.78 is 5.07. The van der Waals surface area contributed by atoms with E-state index in [0.717, 1.165) is 0 Å². The molecule has 0 aliphatic heterocycles. The van der Waals surface area contributed by atoms with Crippen molar-refractivity contribution < 1.29 is 14.3 Å². The summed E-state index contributed by atoms with van der Waals surface area (Å²) in [7, 11) is 0. The van der Waals surface area contributed by atoms with Gasteiger partial charge < -0.3 is 15.8 Å². The highest BCUT2D eigenvalue weighted by molar-refractivity contribution is 6.00. The summed E-state index contributed by atoms with van der Waals surface area (Å²) in [6.07, 6.45) is 0. The molecule has 0 unspecified atom stereocenters. The third-order valence-electron chi connectivity index (χ3n) is 2.02. The second-order valence-corrected chi connectivity index (χ2v) is 4.86. The molecule has 0 spiro atoms. The van der Waals surface area contributed by atoms with Gasteiger partial charge in [-0.3, -0.25) is 9.59 Å². The number of para-hydroxylation sites is 1. The van der Waals surface area contributed by atoms with E-state index in [1.165, 1.54) is 0 Å². The fourth-order valence-electron chi connectivity index (χ4n) is 1.33. The van der Waals surface area contributed by atoms with Gasteiger partial charge >= 0.3 is 5.97 Å². The zero-order valence-corrected chi connectivity index (χ0v) is 10.8. The minimum absolute atomic E-state index is 0.176. The smallest absolute Gasteiger partial charge is 0.325 e. The van der Waals surface area contributed by atoms with Crippen molar-refractivity contribution in [2.75, 3.05) is 12.3 Å². The number of nitrogen functional groups attached to an aromatic ring is 1. The van der Waals surface area contributed by atoms with Crippen LogP contribution < -0.4 is 11.1 Å². The van der Waals surface area contributed by atoms with Crippen molar-refractivity contribution in [3.05, 3.63) is 29.8 Å². The average Bonchev–Trinajstić information content (AvgIpc) is 2.24. The van der Waals surface area contributed by atoms with E-state index in [1.54, 1.807) is 45.0 Å². The first-order chi connectivity index (χ1) is 8.29. The van der Waals surface area contributed by atoms with Crippen LogP contribution >= 0.6 is 0 Å². The lowest BCUT2D eigenvalue weighted by atomic mass is 10.1. The van der Waals surface area contributed by atoms with Gasteiger partial charge in [-0.25, -0.2) is 0 Å². The van der Waals surface area contributed by atoms with Gasteiger partial charge in [-0.1, -0.05) is 12.1 Å². The normalized spacial score (nSPS) is 10.8. The zero-order valence-electron chi connectivity index (χ0n) is 10.8. The van der Waals surface area contributed by atoms with E-state index in [4.69, 9.17) is 10.5 Å². The molecular weight excluding hydrogens is 232 g/mol. The number of esters is 1. The zero-order chi connectivity index (χ0) is 13.8. The molecule has 0 bridgehead atoms. The maximum atomic E-state index is 11.7. The molecule has 0 saturated carbocycles. The van der Waals surface area contributed by atoms with Crippen molar-refractivity contribution >= 4 is 17.6 Å². The van der Waals surface area contributed by atoms with Gasteiger partial charge in [0.1, 0.15) is 12.1 Å². The monoisotopic (exact) mass is 250 g/mol. The molecule has 0 aliphatic rings.